The van der Waals surface area contributed by atoms with Crippen LogP contribution in [-0.4, -0.2) is 42.8 Å². The smallest absolute Gasteiger partial charge is 0.161 e. The lowest BCUT2D eigenvalue weighted by Crippen LogP contribution is -2.42. The van der Waals surface area contributed by atoms with Crippen LogP contribution in [0.3, 0.4) is 0 Å². The minimum atomic E-state index is -0.383. The van der Waals surface area contributed by atoms with Crippen LogP contribution in [-0.2, 0) is 11.2 Å². The summed E-state index contributed by atoms with van der Waals surface area (Å²) in [7, 11) is 1.86. The highest BCUT2D eigenvalue weighted by Crippen LogP contribution is 2.25. The van der Waals surface area contributed by atoms with E-state index in [4.69, 9.17) is 10.00 Å². The predicted octanol–water partition coefficient (Wildman–Crippen LogP) is 1.12. The van der Waals surface area contributed by atoms with Gasteiger partial charge in [0, 0.05) is 25.6 Å². The first-order valence-corrected chi connectivity index (χ1v) is 6.51. The van der Waals surface area contributed by atoms with Crippen molar-refractivity contribution in [3.05, 3.63) is 11.4 Å². The van der Waals surface area contributed by atoms with E-state index in [-0.39, 0.29) is 6.10 Å². The van der Waals surface area contributed by atoms with Crippen molar-refractivity contribution in [1.29, 1.82) is 5.26 Å². The zero-order valence-corrected chi connectivity index (χ0v) is 11.6. The number of anilines is 2. The Balaban J connectivity index is 2.35. The van der Waals surface area contributed by atoms with E-state index in [1.54, 1.807) is 0 Å². The minimum absolute atomic E-state index is 0.383. The van der Waals surface area contributed by atoms with Gasteiger partial charge in [0.15, 0.2) is 6.10 Å². The molecule has 1 N–H and O–H groups in total. The van der Waals surface area contributed by atoms with Crippen LogP contribution < -0.4 is 10.2 Å². The second-order valence-corrected chi connectivity index (χ2v) is 4.48. The van der Waals surface area contributed by atoms with Gasteiger partial charge in [-0.1, -0.05) is 6.92 Å². The standard InChI is InChI=1S/C13H19N5O/c1-4-11-16-12(15-3)9(2)13(17-11)18-5-6-19-10(7-14)8-18/h10H,4-6,8H2,1-3H3,(H,15,16,17). The molecule has 1 aliphatic rings. The molecule has 0 spiro atoms. The summed E-state index contributed by atoms with van der Waals surface area (Å²) in [6.45, 7) is 5.89. The molecule has 0 saturated carbocycles. The summed E-state index contributed by atoms with van der Waals surface area (Å²) in [6.07, 6.45) is 0.403. The molecule has 0 bridgehead atoms. The topological polar surface area (TPSA) is 74.1 Å². The highest BCUT2D eigenvalue weighted by atomic mass is 16.5. The third kappa shape index (κ3) is 2.76. The number of hydrogen-bond acceptors (Lipinski definition) is 6. The molecule has 1 saturated heterocycles. The normalized spacial score (nSPS) is 19.1. The fourth-order valence-electron chi connectivity index (χ4n) is 2.18. The van der Waals surface area contributed by atoms with E-state index in [9.17, 15) is 0 Å². The monoisotopic (exact) mass is 261 g/mol. The van der Waals surface area contributed by atoms with Crippen LogP contribution in [0.5, 0.6) is 0 Å². The van der Waals surface area contributed by atoms with Gasteiger partial charge in [0.1, 0.15) is 17.5 Å². The number of morpholine rings is 1. The van der Waals surface area contributed by atoms with Crippen LogP contribution in [0.4, 0.5) is 11.6 Å². The lowest BCUT2D eigenvalue weighted by Gasteiger charge is -2.32. The minimum Gasteiger partial charge on any atom is -0.373 e. The van der Waals surface area contributed by atoms with Crippen molar-refractivity contribution in [3.8, 4) is 6.07 Å². The summed E-state index contributed by atoms with van der Waals surface area (Å²) >= 11 is 0. The maximum Gasteiger partial charge on any atom is 0.161 e. The van der Waals surface area contributed by atoms with Gasteiger partial charge in [0.25, 0.3) is 0 Å². The summed E-state index contributed by atoms with van der Waals surface area (Å²) < 4.78 is 5.37. The fourth-order valence-corrected chi connectivity index (χ4v) is 2.18. The molecule has 1 atom stereocenters. The molecule has 6 heteroatoms. The predicted molar refractivity (Wildman–Crippen MR) is 73.3 cm³/mol. The summed E-state index contributed by atoms with van der Waals surface area (Å²) in [5, 5.41) is 12.1. The molecule has 2 rings (SSSR count). The summed E-state index contributed by atoms with van der Waals surface area (Å²) in [5.74, 6) is 2.56. The molecular weight excluding hydrogens is 242 g/mol. The van der Waals surface area contributed by atoms with Gasteiger partial charge in [-0.2, -0.15) is 5.26 Å². The molecule has 0 radical (unpaired) electrons. The van der Waals surface area contributed by atoms with E-state index < -0.39 is 0 Å². The Hall–Kier alpha value is -1.87. The number of nitriles is 1. The van der Waals surface area contributed by atoms with Crippen molar-refractivity contribution >= 4 is 11.6 Å². The van der Waals surface area contributed by atoms with Crippen molar-refractivity contribution in [2.45, 2.75) is 26.4 Å². The Labute approximate surface area is 113 Å². The first-order chi connectivity index (χ1) is 9.19. The average Bonchev–Trinajstić information content (AvgIpc) is 2.47. The average molecular weight is 261 g/mol. The number of nitrogens with zero attached hydrogens (tertiary/aromatic N) is 4. The molecule has 6 nitrogen and oxygen atoms in total. The molecule has 0 aliphatic carbocycles. The van der Waals surface area contributed by atoms with Crippen molar-refractivity contribution in [3.63, 3.8) is 0 Å². The molecule has 2 heterocycles. The van der Waals surface area contributed by atoms with Crippen molar-refractivity contribution < 1.29 is 4.74 Å². The third-order valence-electron chi connectivity index (χ3n) is 3.23. The summed E-state index contributed by atoms with van der Waals surface area (Å²) in [6, 6.07) is 2.16. The number of aryl methyl sites for hydroxylation is 1. The number of nitrogens with one attached hydrogen (secondary N) is 1. The van der Waals surface area contributed by atoms with Gasteiger partial charge in [0.05, 0.1) is 19.2 Å². The molecule has 19 heavy (non-hydrogen) atoms. The highest BCUT2D eigenvalue weighted by molar-refractivity contribution is 5.58. The molecule has 1 aromatic rings. The van der Waals surface area contributed by atoms with Gasteiger partial charge < -0.3 is 15.0 Å². The largest absolute Gasteiger partial charge is 0.373 e. The van der Waals surface area contributed by atoms with Gasteiger partial charge in [-0.15, -0.1) is 0 Å². The Morgan fingerprint density at radius 2 is 2.32 bits per heavy atom. The molecule has 1 unspecified atom stereocenters. The lowest BCUT2D eigenvalue weighted by atomic mass is 10.2. The van der Waals surface area contributed by atoms with Gasteiger partial charge in [-0.3, -0.25) is 0 Å². The Bertz CT molecular complexity index is 497. The van der Waals surface area contributed by atoms with E-state index in [1.807, 2.05) is 20.9 Å². The van der Waals surface area contributed by atoms with E-state index in [2.05, 4.69) is 26.3 Å². The highest BCUT2D eigenvalue weighted by Gasteiger charge is 2.23. The molecule has 1 aromatic heterocycles. The molecular formula is C13H19N5O. The summed E-state index contributed by atoms with van der Waals surface area (Å²) in [5.41, 5.74) is 1.01. The number of aromatic nitrogens is 2. The maximum absolute atomic E-state index is 8.98. The SMILES string of the molecule is CCc1nc(NC)c(C)c(N2CCOC(C#N)C2)n1. The number of hydrogen-bond donors (Lipinski definition) is 1. The maximum atomic E-state index is 8.98. The molecule has 0 aromatic carbocycles. The Kier molecular flexibility index (Phi) is 4.17. The van der Waals surface area contributed by atoms with E-state index in [1.165, 1.54) is 0 Å². The number of rotatable bonds is 3. The Morgan fingerprint density at radius 3 is 2.95 bits per heavy atom. The molecule has 102 valence electrons. The zero-order chi connectivity index (χ0) is 13.8. The second-order valence-electron chi connectivity index (χ2n) is 4.48. The first kappa shape index (κ1) is 13.6. The first-order valence-electron chi connectivity index (χ1n) is 6.51. The van der Waals surface area contributed by atoms with Crippen LogP contribution >= 0.6 is 0 Å². The van der Waals surface area contributed by atoms with Crippen LogP contribution in [0, 0.1) is 18.3 Å². The van der Waals surface area contributed by atoms with Crippen LogP contribution in [0.2, 0.25) is 0 Å². The van der Waals surface area contributed by atoms with Gasteiger partial charge in [-0.25, -0.2) is 9.97 Å². The second kappa shape index (κ2) is 5.85. The van der Waals surface area contributed by atoms with Crippen molar-refractivity contribution in [2.75, 3.05) is 37.0 Å². The van der Waals surface area contributed by atoms with Gasteiger partial charge in [-0.05, 0) is 6.92 Å². The summed E-state index contributed by atoms with van der Waals surface area (Å²) in [4.78, 5) is 11.2. The lowest BCUT2D eigenvalue weighted by molar-refractivity contribution is 0.0761. The van der Waals surface area contributed by atoms with E-state index in [0.29, 0.717) is 13.2 Å². The van der Waals surface area contributed by atoms with E-state index >= 15 is 0 Å². The van der Waals surface area contributed by atoms with Crippen LogP contribution in [0.1, 0.15) is 18.3 Å². The fraction of sp³-hybridized carbons (Fsp3) is 0.615. The quantitative estimate of drug-likeness (QED) is 0.879. The van der Waals surface area contributed by atoms with Gasteiger partial charge >= 0.3 is 0 Å². The van der Waals surface area contributed by atoms with Crippen LogP contribution in [0.25, 0.3) is 0 Å². The van der Waals surface area contributed by atoms with Crippen molar-refractivity contribution in [2.24, 2.45) is 0 Å². The third-order valence-corrected chi connectivity index (χ3v) is 3.23. The molecule has 0 amide bonds. The zero-order valence-electron chi connectivity index (χ0n) is 11.6. The Morgan fingerprint density at radius 1 is 1.53 bits per heavy atom. The van der Waals surface area contributed by atoms with Crippen molar-refractivity contribution in [1.82, 2.24) is 9.97 Å². The number of ether oxygens (including phenoxy) is 1. The van der Waals surface area contributed by atoms with Gasteiger partial charge in [0.2, 0.25) is 0 Å². The molecule has 1 aliphatic heterocycles. The van der Waals surface area contributed by atoms with E-state index in [0.717, 1.165) is 36.0 Å². The van der Waals surface area contributed by atoms with Crippen LogP contribution in [0.15, 0.2) is 0 Å². The molecule has 1 fully saturated rings.